The van der Waals surface area contributed by atoms with E-state index in [1.165, 1.54) is 19.3 Å². The van der Waals surface area contributed by atoms with Crippen molar-refractivity contribution in [2.24, 2.45) is 23.5 Å². The molecule has 4 atom stereocenters. The first-order valence-corrected chi connectivity index (χ1v) is 6.24. The Bertz CT molecular complexity index is 275. The fraction of sp³-hybridized carbons (Fsp3) is 0.714. The maximum absolute atomic E-state index is 6.51. The molecule has 0 heterocycles. The van der Waals surface area contributed by atoms with E-state index in [1.807, 2.05) is 0 Å². The lowest BCUT2D eigenvalue weighted by Gasteiger charge is -2.44. The highest BCUT2D eigenvalue weighted by Crippen LogP contribution is 2.39. The molecule has 2 aliphatic rings. The normalized spacial score (nSPS) is 45.7. The van der Waals surface area contributed by atoms with Crippen molar-refractivity contribution in [2.45, 2.75) is 45.1 Å². The van der Waals surface area contributed by atoms with Gasteiger partial charge in [-0.2, -0.15) is 0 Å². The van der Waals surface area contributed by atoms with Crippen molar-refractivity contribution in [2.75, 3.05) is 0 Å². The van der Waals surface area contributed by atoms with Crippen LogP contribution in [0.15, 0.2) is 24.3 Å². The Morgan fingerprint density at radius 3 is 2.73 bits per heavy atom. The highest BCUT2D eigenvalue weighted by Gasteiger charge is 2.39. The smallest absolute Gasteiger partial charge is 0.0223 e. The van der Waals surface area contributed by atoms with Crippen LogP contribution in [0.5, 0.6) is 0 Å². The van der Waals surface area contributed by atoms with E-state index in [4.69, 9.17) is 5.73 Å². The Hall–Kier alpha value is -0.560. The number of hydrogen-bond acceptors (Lipinski definition) is 1. The van der Waals surface area contributed by atoms with Crippen LogP contribution in [0.2, 0.25) is 0 Å². The van der Waals surface area contributed by atoms with Gasteiger partial charge in [-0.15, -0.1) is 0 Å². The zero-order chi connectivity index (χ0) is 10.9. The summed E-state index contributed by atoms with van der Waals surface area (Å²) in [5.41, 5.74) is 6.48. The van der Waals surface area contributed by atoms with Crippen molar-refractivity contribution in [1.29, 1.82) is 0 Å². The van der Waals surface area contributed by atoms with Gasteiger partial charge in [0.1, 0.15) is 0 Å². The van der Waals surface area contributed by atoms with Gasteiger partial charge in [-0.3, -0.25) is 0 Å². The molecule has 3 unspecified atom stereocenters. The van der Waals surface area contributed by atoms with E-state index in [9.17, 15) is 0 Å². The molecule has 2 aliphatic carbocycles. The van der Waals surface area contributed by atoms with Gasteiger partial charge in [0.25, 0.3) is 0 Å². The van der Waals surface area contributed by atoms with E-state index in [-0.39, 0.29) is 5.54 Å². The fourth-order valence-electron chi connectivity index (χ4n) is 2.96. The van der Waals surface area contributed by atoms with Gasteiger partial charge in [0.2, 0.25) is 0 Å². The molecule has 2 rings (SSSR count). The van der Waals surface area contributed by atoms with Crippen LogP contribution in [-0.2, 0) is 0 Å². The quantitative estimate of drug-likeness (QED) is 0.653. The molecule has 0 saturated carbocycles. The SMILES string of the molecule is CC1CC=CC([C@@H]2C=CCCC2)C1(C)N. The molecule has 15 heavy (non-hydrogen) atoms. The lowest BCUT2D eigenvalue weighted by Crippen LogP contribution is -2.52. The molecule has 0 amide bonds. The van der Waals surface area contributed by atoms with Gasteiger partial charge in [0, 0.05) is 11.5 Å². The molecule has 0 aromatic heterocycles. The van der Waals surface area contributed by atoms with Crippen LogP contribution in [0.3, 0.4) is 0 Å². The van der Waals surface area contributed by atoms with E-state index in [0.717, 1.165) is 6.42 Å². The molecule has 0 aromatic rings. The molecule has 1 heteroatoms. The zero-order valence-corrected chi connectivity index (χ0v) is 9.95. The van der Waals surface area contributed by atoms with Crippen LogP contribution < -0.4 is 5.73 Å². The standard InChI is InChI=1S/C14H23N/c1-11-7-6-10-13(14(11,2)15)12-8-4-3-5-9-12/h4,6,8,10-13H,3,5,7,9,15H2,1-2H3/t11?,12-,13?,14?/m1/s1. The molecule has 0 radical (unpaired) electrons. The second-order valence-corrected chi connectivity index (χ2v) is 5.48. The number of allylic oxidation sites excluding steroid dienone is 3. The van der Waals surface area contributed by atoms with E-state index >= 15 is 0 Å². The van der Waals surface area contributed by atoms with Crippen molar-refractivity contribution >= 4 is 0 Å². The first-order valence-electron chi connectivity index (χ1n) is 6.24. The first kappa shape index (κ1) is 10.9. The number of rotatable bonds is 1. The Morgan fingerprint density at radius 1 is 1.27 bits per heavy atom. The third-order valence-corrected chi connectivity index (χ3v) is 4.37. The Labute approximate surface area is 93.4 Å². The van der Waals surface area contributed by atoms with E-state index in [2.05, 4.69) is 38.2 Å². The van der Waals surface area contributed by atoms with Crippen molar-refractivity contribution in [3.63, 3.8) is 0 Å². The van der Waals surface area contributed by atoms with Crippen LogP contribution in [0, 0.1) is 17.8 Å². The van der Waals surface area contributed by atoms with Crippen LogP contribution in [0.1, 0.15) is 39.5 Å². The summed E-state index contributed by atoms with van der Waals surface area (Å²) in [6.45, 7) is 4.51. The van der Waals surface area contributed by atoms with Crippen molar-refractivity contribution in [3.8, 4) is 0 Å². The van der Waals surface area contributed by atoms with Gasteiger partial charge in [-0.05, 0) is 44.4 Å². The molecule has 2 N–H and O–H groups in total. The number of nitrogens with two attached hydrogens (primary N) is 1. The summed E-state index contributed by atoms with van der Waals surface area (Å²) >= 11 is 0. The van der Waals surface area contributed by atoms with Gasteiger partial charge in [-0.25, -0.2) is 0 Å². The monoisotopic (exact) mass is 205 g/mol. The molecular weight excluding hydrogens is 182 g/mol. The van der Waals surface area contributed by atoms with Gasteiger partial charge < -0.3 is 5.73 Å². The Kier molecular flexibility index (Phi) is 3.01. The molecule has 0 spiro atoms. The molecule has 0 aromatic carbocycles. The Balaban J connectivity index is 2.19. The van der Waals surface area contributed by atoms with Gasteiger partial charge in [0.15, 0.2) is 0 Å². The van der Waals surface area contributed by atoms with Gasteiger partial charge in [-0.1, -0.05) is 31.2 Å². The maximum Gasteiger partial charge on any atom is 0.0223 e. The summed E-state index contributed by atoms with van der Waals surface area (Å²) < 4.78 is 0. The molecule has 84 valence electrons. The average molecular weight is 205 g/mol. The summed E-state index contributed by atoms with van der Waals surface area (Å²) in [4.78, 5) is 0. The molecule has 0 fully saturated rings. The minimum Gasteiger partial charge on any atom is -0.325 e. The first-order chi connectivity index (χ1) is 7.12. The maximum atomic E-state index is 6.51. The second-order valence-electron chi connectivity index (χ2n) is 5.48. The van der Waals surface area contributed by atoms with E-state index in [1.54, 1.807) is 0 Å². The lowest BCUT2D eigenvalue weighted by molar-refractivity contribution is 0.183. The Morgan fingerprint density at radius 2 is 2.07 bits per heavy atom. The molecule has 0 aliphatic heterocycles. The third-order valence-electron chi connectivity index (χ3n) is 4.37. The summed E-state index contributed by atoms with van der Waals surface area (Å²) in [5.74, 6) is 1.81. The predicted octanol–water partition coefficient (Wildman–Crippen LogP) is 3.27. The molecule has 1 nitrogen and oxygen atoms in total. The van der Waals surface area contributed by atoms with Gasteiger partial charge >= 0.3 is 0 Å². The molecular formula is C14H23N. The largest absolute Gasteiger partial charge is 0.325 e. The second kappa shape index (κ2) is 4.13. The van der Waals surface area contributed by atoms with Crippen LogP contribution in [0.4, 0.5) is 0 Å². The summed E-state index contributed by atoms with van der Waals surface area (Å²) in [7, 11) is 0. The average Bonchev–Trinajstić information content (AvgIpc) is 2.23. The highest BCUT2D eigenvalue weighted by molar-refractivity contribution is 5.14. The summed E-state index contributed by atoms with van der Waals surface area (Å²) in [6, 6.07) is 0. The van der Waals surface area contributed by atoms with Crippen molar-refractivity contribution < 1.29 is 0 Å². The highest BCUT2D eigenvalue weighted by atomic mass is 14.8. The lowest BCUT2D eigenvalue weighted by atomic mass is 9.65. The van der Waals surface area contributed by atoms with E-state index in [0.29, 0.717) is 17.8 Å². The zero-order valence-electron chi connectivity index (χ0n) is 9.95. The summed E-state index contributed by atoms with van der Waals surface area (Å²) in [6.07, 6.45) is 14.4. The van der Waals surface area contributed by atoms with Crippen LogP contribution in [0.25, 0.3) is 0 Å². The number of hydrogen-bond donors (Lipinski definition) is 1. The molecule has 0 saturated heterocycles. The van der Waals surface area contributed by atoms with Crippen LogP contribution in [-0.4, -0.2) is 5.54 Å². The van der Waals surface area contributed by atoms with E-state index < -0.39 is 0 Å². The van der Waals surface area contributed by atoms with Crippen molar-refractivity contribution in [1.82, 2.24) is 0 Å². The fourth-order valence-corrected chi connectivity index (χ4v) is 2.96. The minimum atomic E-state index is -0.0267. The summed E-state index contributed by atoms with van der Waals surface area (Å²) in [5, 5.41) is 0. The topological polar surface area (TPSA) is 26.0 Å². The van der Waals surface area contributed by atoms with Gasteiger partial charge in [0.05, 0.1) is 0 Å². The minimum absolute atomic E-state index is 0.0267. The van der Waals surface area contributed by atoms with Crippen molar-refractivity contribution in [3.05, 3.63) is 24.3 Å². The third kappa shape index (κ3) is 2.03. The molecule has 0 bridgehead atoms. The van der Waals surface area contributed by atoms with Crippen LogP contribution >= 0.6 is 0 Å². The predicted molar refractivity (Wildman–Crippen MR) is 65.5 cm³/mol.